The maximum absolute atomic E-state index is 10.4. The molecule has 14 heavy (non-hydrogen) atoms. The Labute approximate surface area is 106 Å². The molecule has 5 nitrogen and oxygen atoms in total. The molecule has 0 bridgehead atoms. The normalized spacial score (nSPS) is 8.93. The van der Waals surface area contributed by atoms with Crippen molar-refractivity contribution < 1.29 is 44.4 Å². The summed E-state index contributed by atoms with van der Waals surface area (Å²) in [5.41, 5.74) is -0.558. The van der Waals surface area contributed by atoms with Crippen LogP contribution in [0.5, 0.6) is 0 Å². The van der Waals surface area contributed by atoms with E-state index in [2.05, 4.69) is 0 Å². The minimum absolute atomic E-state index is 0. The zero-order valence-corrected chi connectivity index (χ0v) is 9.99. The summed E-state index contributed by atoms with van der Waals surface area (Å²) in [5, 5.41) is 18.8. The third-order valence-corrected chi connectivity index (χ3v) is 1.71. The second kappa shape index (κ2) is 5.31. The number of hydrogen-bond acceptors (Lipinski definition) is 3. The van der Waals surface area contributed by atoms with Crippen molar-refractivity contribution in [2.75, 3.05) is 0 Å². The molecule has 0 atom stereocenters. The van der Waals surface area contributed by atoms with Crippen LogP contribution in [0, 0.1) is 10.1 Å². The van der Waals surface area contributed by atoms with Gasteiger partial charge >= 0.3 is 35.5 Å². The molecule has 1 aromatic carbocycles. The van der Waals surface area contributed by atoms with Crippen LogP contribution in [0.2, 0.25) is 5.02 Å². The van der Waals surface area contributed by atoms with E-state index in [-0.39, 0.29) is 40.1 Å². The molecular weight excluding hydrogens is 221 g/mol. The number of benzene rings is 1. The van der Waals surface area contributed by atoms with Crippen LogP contribution in [0.15, 0.2) is 18.2 Å². The summed E-state index contributed by atoms with van der Waals surface area (Å²) < 4.78 is 0. The number of nitro benzene ring substituents is 1. The van der Waals surface area contributed by atoms with E-state index in [0.29, 0.717) is 0 Å². The van der Waals surface area contributed by atoms with Gasteiger partial charge in [-0.15, -0.1) is 0 Å². The SMILES string of the molecule is O=C(O)c1ccc(Cl)c([N+](=O)[O-])c1.[Na+]. The van der Waals surface area contributed by atoms with E-state index in [4.69, 9.17) is 16.7 Å². The molecule has 0 amide bonds. The van der Waals surface area contributed by atoms with Gasteiger partial charge in [-0.3, -0.25) is 10.1 Å². The fourth-order valence-corrected chi connectivity index (χ4v) is 0.972. The molecule has 0 heterocycles. The maximum Gasteiger partial charge on any atom is 1.00 e. The minimum atomic E-state index is -1.22. The van der Waals surface area contributed by atoms with Gasteiger partial charge in [0.25, 0.3) is 5.69 Å². The second-order valence-corrected chi connectivity index (χ2v) is 2.64. The fraction of sp³-hybridized carbons (Fsp3) is 0. The quantitative estimate of drug-likeness (QED) is 0.395. The largest absolute Gasteiger partial charge is 1.00 e. The number of halogens is 1. The first-order valence-corrected chi connectivity index (χ1v) is 3.57. The van der Waals surface area contributed by atoms with Crippen molar-refractivity contribution in [3.8, 4) is 0 Å². The van der Waals surface area contributed by atoms with Gasteiger partial charge in [-0.05, 0) is 12.1 Å². The van der Waals surface area contributed by atoms with Gasteiger partial charge in [0.05, 0.1) is 10.5 Å². The molecule has 0 radical (unpaired) electrons. The summed E-state index contributed by atoms with van der Waals surface area (Å²) in [7, 11) is 0. The van der Waals surface area contributed by atoms with Crippen molar-refractivity contribution in [1.82, 2.24) is 0 Å². The number of carboxylic acids is 1. The molecule has 0 aromatic heterocycles. The van der Waals surface area contributed by atoms with Crippen LogP contribution in [-0.4, -0.2) is 16.0 Å². The van der Waals surface area contributed by atoms with Gasteiger partial charge in [0, 0.05) is 6.07 Å². The summed E-state index contributed by atoms with van der Waals surface area (Å²) in [6.45, 7) is 0. The van der Waals surface area contributed by atoms with Crippen LogP contribution in [0.4, 0.5) is 5.69 Å². The molecule has 0 fully saturated rings. The van der Waals surface area contributed by atoms with E-state index in [1.165, 1.54) is 12.1 Å². The van der Waals surface area contributed by atoms with Crippen molar-refractivity contribution in [3.05, 3.63) is 38.9 Å². The van der Waals surface area contributed by atoms with Gasteiger partial charge in [-0.2, -0.15) is 0 Å². The third kappa shape index (κ3) is 2.95. The molecule has 7 heteroatoms. The molecule has 0 saturated heterocycles. The molecule has 1 rings (SSSR count). The zero-order valence-electron chi connectivity index (χ0n) is 7.23. The van der Waals surface area contributed by atoms with Gasteiger partial charge in [0.2, 0.25) is 0 Å². The summed E-state index contributed by atoms with van der Waals surface area (Å²) in [5.74, 6) is -1.22. The van der Waals surface area contributed by atoms with Crippen molar-refractivity contribution in [2.45, 2.75) is 0 Å². The first kappa shape index (κ1) is 13.4. The average molecular weight is 225 g/mol. The number of aromatic carboxylic acids is 1. The van der Waals surface area contributed by atoms with Crippen LogP contribution in [0.1, 0.15) is 10.4 Å². The summed E-state index contributed by atoms with van der Waals surface area (Å²) >= 11 is 5.46. The molecule has 0 saturated carbocycles. The molecule has 0 spiro atoms. The molecule has 68 valence electrons. The molecule has 0 unspecified atom stereocenters. The third-order valence-electron chi connectivity index (χ3n) is 1.39. The summed E-state index contributed by atoms with van der Waals surface area (Å²) in [4.78, 5) is 20.0. The van der Waals surface area contributed by atoms with E-state index in [1.54, 1.807) is 0 Å². The monoisotopic (exact) mass is 224 g/mol. The Morgan fingerprint density at radius 3 is 2.50 bits per heavy atom. The second-order valence-electron chi connectivity index (χ2n) is 2.23. The molecule has 0 aliphatic carbocycles. The molecule has 0 aliphatic heterocycles. The van der Waals surface area contributed by atoms with Crippen LogP contribution in [0.25, 0.3) is 0 Å². The predicted molar refractivity (Wildman–Crippen MR) is 45.1 cm³/mol. The van der Waals surface area contributed by atoms with E-state index in [9.17, 15) is 14.9 Å². The summed E-state index contributed by atoms with van der Waals surface area (Å²) in [6, 6.07) is 3.31. The average Bonchev–Trinajstić information content (AvgIpc) is 2.04. The number of nitrogens with zero attached hydrogens (tertiary/aromatic N) is 1. The van der Waals surface area contributed by atoms with Crippen LogP contribution in [0.3, 0.4) is 0 Å². The molecule has 0 aliphatic rings. The van der Waals surface area contributed by atoms with Gasteiger partial charge < -0.3 is 5.11 Å². The van der Waals surface area contributed by atoms with E-state index >= 15 is 0 Å². The standard InChI is InChI=1S/C7H4ClNO4.Na/c8-5-2-1-4(7(10)11)3-6(5)9(12)13;/h1-3H,(H,10,11);/q;+1. The van der Waals surface area contributed by atoms with Crippen LogP contribution >= 0.6 is 11.6 Å². The number of carbonyl (C=O) groups is 1. The summed E-state index contributed by atoms with van der Waals surface area (Å²) in [6.07, 6.45) is 0. The smallest absolute Gasteiger partial charge is 0.478 e. The topological polar surface area (TPSA) is 80.4 Å². The van der Waals surface area contributed by atoms with E-state index in [1.807, 2.05) is 0 Å². The Morgan fingerprint density at radius 1 is 1.50 bits per heavy atom. The number of nitro groups is 1. The van der Waals surface area contributed by atoms with Crippen molar-refractivity contribution in [2.24, 2.45) is 0 Å². The Bertz CT molecular complexity index is 382. The van der Waals surface area contributed by atoms with Gasteiger partial charge in [-0.25, -0.2) is 4.79 Å². The molecule has 1 aromatic rings. The zero-order chi connectivity index (χ0) is 10.0. The van der Waals surface area contributed by atoms with Gasteiger partial charge in [-0.1, -0.05) is 11.6 Å². The predicted octanol–water partition coefficient (Wildman–Crippen LogP) is -1.05. The van der Waals surface area contributed by atoms with Crippen LogP contribution in [-0.2, 0) is 0 Å². The van der Waals surface area contributed by atoms with E-state index in [0.717, 1.165) is 6.07 Å². The van der Waals surface area contributed by atoms with Crippen molar-refractivity contribution in [1.29, 1.82) is 0 Å². The number of carboxylic acid groups (broad SMARTS) is 1. The number of hydrogen-bond donors (Lipinski definition) is 1. The Kier molecular flexibility index (Phi) is 5.07. The molecular formula is C7H4ClNNaO4+. The first-order chi connectivity index (χ1) is 6.02. The van der Waals surface area contributed by atoms with Gasteiger partial charge in [0.1, 0.15) is 5.02 Å². The Hall–Kier alpha value is -0.620. The maximum atomic E-state index is 10.4. The molecule has 1 N–H and O–H groups in total. The van der Waals surface area contributed by atoms with Crippen molar-refractivity contribution >= 4 is 23.3 Å². The van der Waals surface area contributed by atoms with E-state index < -0.39 is 16.6 Å². The number of rotatable bonds is 2. The Morgan fingerprint density at radius 2 is 2.07 bits per heavy atom. The van der Waals surface area contributed by atoms with Crippen LogP contribution < -0.4 is 29.6 Å². The van der Waals surface area contributed by atoms with Gasteiger partial charge in [0.15, 0.2) is 0 Å². The first-order valence-electron chi connectivity index (χ1n) is 3.19. The minimum Gasteiger partial charge on any atom is -0.478 e. The fourth-order valence-electron chi connectivity index (χ4n) is 0.786. The Balaban J connectivity index is 0.00000169. The van der Waals surface area contributed by atoms with Crippen molar-refractivity contribution in [3.63, 3.8) is 0 Å².